The van der Waals surface area contributed by atoms with E-state index >= 15 is 0 Å². The second-order valence-electron chi connectivity index (χ2n) is 1.73. The van der Waals surface area contributed by atoms with Crippen LogP contribution in [0.15, 0.2) is 12.0 Å². The van der Waals surface area contributed by atoms with E-state index in [1.165, 1.54) is 6.08 Å². The lowest BCUT2D eigenvalue weighted by molar-refractivity contribution is -0.196. The SMILES string of the molecule is ClC(Cl)(Cl)C=C1OCOCO1. The van der Waals surface area contributed by atoms with E-state index in [-0.39, 0.29) is 19.5 Å². The molecule has 0 N–H and O–H groups in total. The highest BCUT2D eigenvalue weighted by Gasteiger charge is 2.20. The van der Waals surface area contributed by atoms with Crippen LogP contribution in [0, 0.1) is 0 Å². The molecule has 3 nitrogen and oxygen atoms in total. The van der Waals surface area contributed by atoms with Crippen LogP contribution in [-0.2, 0) is 14.2 Å². The number of hydrogen-bond acceptors (Lipinski definition) is 3. The summed E-state index contributed by atoms with van der Waals surface area (Å²) in [5, 5.41) is 0. The van der Waals surface area contributed by atoms with Crippen molar-refractivity contribution < 1.29 is 14.2 Å². The molecule has 1 heterocycles. The van der Waals surface area contributed by atoms with E-state index < -0.39 is 3.79 Å². The molecule has 6 heteroatoms. The molecule has 1 rings (SSSR count). The first-order chi connectivity index (χ1) is 5.08. The monoisotopic (exact) mass is 218 g/mol. The number of rotatable bonds is 0. The maximum atomic E-state index is 5.42. The standard InChI is InChI=1S/C5H5Cl3O3/c6-5(7,8)1-4-10-2-9-3-11-4/h1H,2-3H2. The van der Waals surface area contributed by atoms with E-state index in [1.54, 1.807) is 0 Å². The number of allylic oxidation sites excluding steroid dienone is 1. The zero-order valence-corrected chi connectivity index (χ0v) is 7.62. The van der Waals surface area contributed by atoms with Gasteiger partial charge in [-0.25, -0.2) is 0 Å². The molecular formula is C5H5Cl3O3. The van der Waals surface area contributed by atoms with Crippen molar-refractivity contribution >= 4 is 34.8 Å². The molecule has 1 aliphatic rings. The molecule has 0 unspecified atom stereocenters. The van der Waals surface area contributed by atoms with Crippen LogP contribution in [0.25, 0.3) is 0 Å². The van der Waals surface area contributed by atoms with Crippen molar-refractivity contribution in [1.29, 1.82) is 0 Å². The van der Waals surface area contributed by atoms with Crippen LogP contribution in [0.2, 0.25) is 0 Å². The number of hydrogen-bond donors (Lipinski definition) is 0. The van der Waals surface area contributed by atoms with Gasteiger partial charge in [0.1, 0.15) is 0 Å². The summed E-state index contributed by atoms with van der Waals surface area (Å²) in [6, 6.07) is 0. The fraction of sp³-hybridized carbons (Fsp3) is 0.600. The molecule has 0 aromatic heterocycles. The van der Waals surface area contributed by atoms with Crippen LogP contribution in [0.5, 0.6) is 0 Å². The van der Waals surface area contributed by atoms with E-state index in [9.17, 15) is 0 Å². The third-order valence-corrected chi connectivity index (χ3v) is 1.18. The highest BCUT2D eigenvalue weighted by molar-refractivity contribution is 6.68. The third kappa shape index (κ3) is 3.91. The molecular weight excluding hydrogens is 214 g/mol. The molecule has 11 heavy (non-hydrogen) atoms. The summed E-state index contributed by atoms with van der Waals surface area (Å²) in [5.41, 5.74) is 0. The van der Waals surface area contributed by atoms with Gasteiger partial charge in [0.2, 0.25) is 3.79 Å². The summed E-state index contributed by atoms with van der Waals surface area (Å²) in [6.07, 6.45) is 1.24. The maximum absolute atomic E-state index is 5.42. The first-order valence-corrected chi connectivity index (χ1v) is 3.84. The Balaban J connectivity index is 2.50. The Morgan fingerprint density at radius 3 is 2.18 bits per heavy atom. The van der Waals surface area contributed by atoms with Crippen molar-refractivity contribution in [3.63, 3.8) is 0 Å². The Morgan fingerprint density at radius 2 is 1.73 bits per heavy atom. The van der Waals surface area contributed by atoms with Crippen LogP contribution in [-0.4, -0.2) is 17.4 Å². The van der Waals surface area contributed by atoms with Gasteiger partial charge < -0.3 is 14.2 Å². The van der Waals surface area contributed by atoms with E-state index in [1.807, 2.05) is 0 Å². The lowest BCUT2D eigenvalue weighted by Gasteiger charge is -2.18. The van der Waals surface area contributed by atoms with E-state index in [4.69, 9.17) is 49.0 Å². The molecule has 64 valence electrons. The second-order valence-corrected chi connectivity index (χ2v) is 4.10. The minimum Gasteiger partial charge on any atom is -0.438 e. The normalized spacial score (nSPS) is 18.6. The van der Waals surface area contributed by atoms with Gasteiger partial charge in [-0.05, 0) is 0 Å². The van der Waals surface area contributed by atoms with Crippen LogP contribution in [0.1, 0.15) is 0 Å². The molecule has 0 atom stereocenters. The minimum atomic E-state index is -1.49. The van der Waals surface area contributed by atoms with Gasteiger partial charge >= 0.3 is 0 Å². The Morgan fingerprint density at radius 1 is 1.18 bits per heavy atom. The van der Waals surface area contributed by atoms with Gasteiger partial charge in [-0.1, -0.05) is 34.8 Å². The smallest absolute Gasteiger partial charge is 0.283 e. The second kappa shape index (κ2) is 3.72. The molecule has 0 radical (unpaired) electrons. The number of ether oxygens (including phenoxy) is 3. The first-order valence-electron chi connectivity index (χ1n) is 2.71. The maximum Gasteiger partial charge on any atom is 0.283 e. The predicted octanol–water partition coefficient (Wildman–Crippen LogP) is 2.18. The highest BCUT2D eigenvalue weighted by atomic mass is 35.6. The fourth-order valence-corrected chi connectivity index (χ4v) is 0.759. The number of halogens is 3. The summed E-state index contributed by atoms with van der Waals surface area (Å²) in [4.78, 5) is 0. The van der Waals surface area contributed by atoms with Crippen molar-refractivity contribution in [3.05, 3.63) is 12.0 Å². The topological polar surface area (TPSA) is 27.7 Å². The average Bonchev–Trinajstić information content (AvgIpc) is 1.85. The van der Waals surface area contributed by atoms with Gasteiger partial charge in [-0.2, -0.15) is 0 Å². The summed E-state index contributed by atoms with van der Waals surface area (Å²) in [7, 11) is 0. The van der Waals surface area contributed by atoms with Gasteiger partial charge in [-0.15, -0.1) is 0 Å². The van der Waals surface area contributed by atoms with Crippen molar-refractivity contribution in [3.8, 4) is 0 Å². The van der Waals surface area contributed by atoms with Crippen molar-refractivity contribution in [1.82, 2.24) is 0 Å². The zero-order chi connectivity index (χ0) is 8.32. The molecule has 0 aromatic rings. The Bertz CT molecular complexity index is 155. The zero-order valence-electron chi connectivity index (χ0n) is 5.35. The van der Waals surface area contributed by atoms with Crippen molar-refractivity contribution in [2.45, 2.75) is 3.79 Å². The molecule has 0 saturated carbocycles. The number of alkyl halides is 3. The van der Waals surface area contributed by atoms with E-state index in [0.29, 0.717) is 0 Å². The van der Waals surface area contributed by atoms with Gasteiger partial charge in [-0.3, -0.25) is 0 Å². The van der Waals surface area contributed by atoms with E-state index in [2.05, 4.69) is 0 Å². The van der Waals surface area contributed by atoms with Crippen LogP contribution >= 0.6 is 34.8 Å². The summed E-state index contributed by atoms with van der Waals surface area (Å²) in [6.45, 7) is 0.235. The van der Waals surface area contributed by atoms with Crippen LogP contribution < -0.4 is 0 Å². The molecule has 0 aromatic carbocycles. The molecule has 1 fully saturated rings. The summed E-state index contributed by atoms with van der Waals surface area (Å²) >= 11 is 16.3. The quantitative estimate of drug-likeness (QED) is 0.585. The molecule has 0 aliphatic carbocycles. The van der Waals surface area contributed by atoms with Crippen molar-refractivity contribution in [2.75, 3.05) is 13.6 Å². The minimum absolute atomic E-state index is 0.118. The first kappa shape index (κ1) is 9.26. The predicted molar refractivity (Wildman–Crippen MR) is 41.4 cm³/mol. The Kier molecular flexibility index (Phi) is 3.13. The molecule has 1 saturated heterocycles. The highest BCUT2D eigenvalue weighted by Crippen LogP contribution is 2.29. The molecule has 0 amide bonds. The average molecular weight is 219 g/mol. The molecule has 0 bridgehead atoms. The Hall–Kier alpha value is 0.170. The van der Waals surface area contributed by atoms with E-state index in [0.717, 1.165) is 0 Å². The van der Waals surface area contributed by atoms with Crippen molar-refractivity contribution in [2.24, 2.45) is 0 Å². The lowest BCUT2D eigenvalue weighted by Crippen LogP contribution is -2.15. The largest absolute Gasteiger partial charge is 0.438 e. The van der Waals surface area contributed by atoms with Crippen LogP contribution in [0.4, 0.5) is 0 Å². The van der Waals surface area contributed by atoms with Crippen LogP contribution in [0.3, 0.4) is 0 Å². The Labute approximate surface area is 78.8 Å². The fourth-order valence-electron chi connectivity index (χ4n) is 0.492. The van der Waals surface area contributed by atoms with Gasteiger partial charge in [0.25, 0.3) is 5.95 Å². The van der Waals surface area contributed by atoms with Gasteiger partial charge in [0.15, 0.2) is 13.6 Å². The van der Waals surface area contributed by atoms with Gasteiger partial charge in [0, 0.05) is 6.08 Å². The summed E-state index contributed by atoms with van der Waals surface area (Å²) in [5.74, 6) is 0.177. The summed E-state index contributed by atoms with van der Waals surface area (Å²) < 4.78 is 12.8. The van der Waals surface area contributed by atoms with Gasteiger partial charge in [0.05, 0.1) is 0 Å². The lowest BCUT2D eigenvalue weighted by atomic mass is 10.7. The molecule has 1 aliphatic heterocycles. The molecule has 0 spiro atoms. The third-order valence-electron chi connectivity index (χ3n) is 0.851.